The number of nitrogens with zero attached hydrogens (tertiary/aromatic N) is 1. The highest BCUT2D eigenvalue weighted by atomic mass is 31.2. The van der Waals surface area contributed by atoms with Crippen LogP contribution in [0.5, 0.6) is 0 Å². The SMILES string of the molecule is CC(C)OP(OC(C)C)N(Cc1ccccc1)Cc1ccccc1. The van der Waals surface area contributed by atoms with Gasteiger partial charge in [0.1, 0.15) is 0 Å². The molecule has 0 aromatic heterocycles. The summed E-state index contributed by atoms with van der Waals surface area (Å²) in [7, 11) is -1.12. The molecule has 0 unspecified atom stereocenters. The maximum absolute atomic E-state index is 6.14. The standard InChI is InChI=1S/C20H28NO2P/c1-17(2)22-24(23-18(3)4)21(15-19-11-7-5-8-12-19)16-20-13-9-6-10-14-20/h5-14,17-18H,15-16H2,1-4H3. The minimum Gasteiger partial charge on any atom is -0.319 e. The second-order valence-electron chi connectivity index (χ2n) is 6.34. The maximum Gasteiger partial charge on any atom is 0.259 e. The van der Waals surface area contributed by atoms with Crippen molar-refractivity contribution in [1.29, 1.82) is 0 Å². The molecule has 2 aromatic rings. The van der Waals surface area contributed by atoms with E-state index >= 15 is 0 Å². The van der Waals surface area contributed by atoms with Crippen molar-refractivity contribution in [1.82, 2.24) is 4.67 Å². The lowest BCUT2D eigenvalue weighted by Crippen LogP contribution is -2.22. The quantitative estimate of drug-likeness (QED) is 0.539. The first-order valence-corrected chi connectivity index (χ1v) is 9.64. The minimum absolute atomic E-state index is 0.129. The molecule has 3 nitrogen and oxygen atoms in total. The Balaban J connectivity index is 2.21. The van der Waals surface area contributed by atoms with E-state index in [9.17, 15) is 0 Å². The Morgan fingerprint density at radius 2 is 1.08 bits per heavy atom. The third-order valence-electron chi connectivity index (χ3n) is 3.25. The van der Waals surface area contributed by atoms with Crippen molar-refractivity contribution >= 4 is 8.53 Å². The Bertz CT molecular complexity index is 523. The van der Waals surface area contributed by atoms with E-state index in [2.05, 4.69) is 80.9 Å². The van der Waals surface area contributed by atoms with Crippen LogP contribution in [0.4, 0.5) is 0 Å². The summed E-state index contributed by atoms with van der Waals surface area (Å²) in [4.78, 5) is 0. The Morgan fingerprint density at radius 1 is 0.708 bits per heavy atom. The van der Waals surface area contributed by atoms with Gasteiger partial charge in [-0.15, -0.1) is 0 Å². The summed E-state index contributed by atoms with van der Waals surface area (Å²) in [6, 6.07) is 21.0. The summed E-state index contributed by atoms with van der Waals surface area (Å²) >= 11 is 0. The molecular formula is C20H28NO2P. The van der Waals surface area contributed by atoms with Crippen LogP contribution in [-0.2, 0) is 22.1 Å². The Kier molecular flexibility index (Phi) is 7.87. The van der Waals surface area contributed by atoms with Crippen LogP contribution in [0.15, 0.2) is 60.7 Å². The monoisotopic (exact) mass is 345 g/mol. The zero-order valence-corrected chi connectivity index (χ0v) is 15.9. The molecule has 0 N–H and O–H groups in total. The van der Waals surface area contributed by atoms with Gasteiger partial charge in [-0.1, -0.05) is 60.7 Å². The van der Waals surface area contributed by atoms with Crippen molar-refractivity contribution in [3.05, 3.63) is 71.8 Å². The lowest BCUT2D eigenvalue weighted by atomic mass is 10.2. The van der Waals surface area contributed by atoms with Crippen LogP contribution < -0.4 is 0 Å². The molecule has 2 rings (SSSR count). The predicted molar refractivity (Wildman–Crippen MR) is 101 cm³/mol. The molecule has 0 radical (unpaired) electrons. The van der Waals surface area contributed by atoms with Gasteiger partial charge >= 0.3 is 0 Å². The molecule has 0 amide bonds. The zero-order chi connectivity index (χ0) is 17.4. The van der Waals surface area contributed by atoms with Gasteiger partial charge in [-0.25, -0.2) is 4.67 Å². The van der Waals surface area contributed by atoms with E-state index in [4.69, 9.17) is 9.05 Å². The third-order valence-corrected chi connectivity index (χ3v) is 5.20. The molecule has 0 bridgehead atoms. The molecule has 2 aromatic carbocycles. The molecule has 0 fully saturated rings. The van der Waals surface area contributed by atoms with Crippen molar-refractivity contribution in [2.45, 2.75) is 53.0 Å². The molecule has 0 spiro atoms. The fourth-order valence-corrected chi connectivity index (χ4v) is 3.87. The summed E-state index contributed by atoms with van der Waals surface area (Å²) in [6.07, 6.45) is 0.257. The smallest absolute Gasteiger partial charge is 0.259 e. The van der Waals surface area contributed by atoms with E-state index < -0.39 is 8.53 Å². The number of rotatable bonds is 9. The van der Waals surface area contributed by atoms with Crippen molar-refractivity contribution in [3.8, 4) is 0 Å². The summed E-state index contributed by atoms with van der Waals surface area (Å²) in [5, 5.41) is 0. The van der Waals surface area contributed by atoms with E-state index in [0.29, 0.717) is 0 Å². The van der Waals surface area contributed by atoms with E-state index in [1.807, 2.05) is 12.1 Å². The molecule has 0 aliphatic heterocycles. The topological polar surface area (TPSA) is 21.7 Å². The van der Waals surface area contributed by atoms with E-state index in [1.165, 1.54) is 11.1 Å². The van der Waals surface area contributed by atoms with Crippen LogP contribution in [0.1, 0.15) is 38.8 Å². The van der Waals surface area contributed by atoms with Crippen LogP contribution in [-0.4, -0.2) is 16.9 Å². The van der Waals surface area contributed by atoms with Gasteiger partial charge in [-0.3, -0.25) is 0 Å². The number of hydrogen-bond donors (Lipinski definition) is 0. The van der Waals surface area contributed by atoms with Gasteiger partial charge < -0.3 is 9.05 Å². The fourth-order valence-electron chi connectivity index (χ4n) is 2.28. The highest BCUT2D eigenvalue weighted by Crippen LogP contribution is 2.47. The van der Waals surface area contributed by atoms with Crippen LogP contribution in [0.25, 0.3) is 0 Å². The molecule has 130 valence electrons. The van der Waals surface area contributed by atoms with Crippen LogP contribution in [0, 0.1) is 0 Å². The maximum atomic E-state index is 6.14. The van der Waals surface area contributed by atoms with Crippen molar-refractivity contribution in [3.63, 3.8) is 0 Å². The Morgan fingerprint density at radius 3 is 1.42 bits per heavy atom. The van der Waals surface area contributed by atoms with Crippen LogP contribution >= 0.6 is 8.53 Å². The van der Waals surface area contributed by atoms with Gasteiger partial charge in [-0.2, -0.15) is 0 Å². The minimum atomic E-state index is -1.12. The van der Waals surface area contributed by atoms with E-state index in [1.54, 1.807) is 0 Å². The lowest BCUT2D eigenvalue weighted by molar-refractivity contribution is 0.140. The average Bonchev–Trinajstić information content (AvgIpc) is 2.55. The van der Waals surface area contributed by atoms with Gasteiger partial charge in [0.25, 0.3) is 8.53 Å². The normalized spacial score (nSPS) is 11.8. The molecule has 0 aliphatic rings. The van der Waals surface area contributed by atoms with Crippen molar-refractivity contribution in [2.75, 3.05) is 0 Å². The van der Waals surface area contributed by atoms with Gasteiger partial charge in [0.15, 0.2) is 0 Å². The molecule has 0 aliphatic carbocycles. The summed E-state index contributed by atoms with van der Waals surface area (Å²) in [6.45, 7) is 9.84. The van der Waals surface area contributed by atoms with Gasteiger partial charge in [0.05, 0.1) is 12.2 Å². The summed E-state index contributed by atoms with van der Waals surface area (Å²) in [5.74, 6) is 0. The molecule has 0 saturated heterocycles. The van der Waals surface area contributed by atoms with Crippen molar-refractivity contribution < 1.29 is 9.05 Å². The molecule has 0 heterocycles. The molecule has 0 saturated carbocycles. The first-order chi connectivity index (χ1) is 11.5. The van der Waals surface area contributed by atoms with Crippen LogP contribution in [0.3, 0.4) is 0 Å². The zero-order valence-electron chi connectivity index (χ0n) is 15.1. The Hall–Kier alpha value is -1.25. The highest BCUT2D eigenvalue weighted by molar-refractivity contribution is 7.44. The largest absolute Gasteiger partial charge is 0.319 e. The summed E-state index contributed by atoms with van der Waals surface area (Å²) in [5.41, 5.74) is 2.53. The van der Waals surface area contributed by atoms with Gasteiger partial charge in [0, 0.05) is 13.1 Å². The van der Waals surface area contributed by atoms with E-state index in [0.717, 1.165) is 13.1 Å². The first kappa shape index (κ1) is 19.1. The van der Waals surface area contributed by atoms with Gasteiger partial charge in [0.2, 0.25) is 0 Å². The first-order valence-electron chi connectivity index (χ1n) is 8.51. The third kappa shape index (κ3) is 6.70. The Labute approximate surface area is 147 Å². The van der Waals surface area contributed by atoms with Crippen molar-refractivity contribution in [2.24, 2.45) is 0 Å². The molecule has 4 heteroatoms. The van der Waals surface area contributed by atoms with E-state index in [-0.39, 0.29) is 12.2 Å². The average molecular weight is 345 g/mol. The summed E-state index contributed by atoms with van der Waals surface area (Å²) < 4.78 is 14.6. The molecule has 0 atom stereocenters. The second kappa shape index (κ2) is 9.90. The van der Waals surface area contributed by atoms with Crippen LogP contribution in [0.2, 0.25) is 0 Å². The second-order valence-corrected chi connectivity index (χ2v) is 7.80. The molecular weight excluding hydrogens is 317 g/mol. The lowest BCUT2D eigenvalue weighted by Gasteiger charge is -2.32. The predicted octanol–water partition coefficient (Wildman–Crippen LogP) is 5.77. The number of hydrogen-bond acceptors (Lipinski definition) is 3. The van der Waals surface area contributed by atoms with Gasteiger partial charge in [-0.05, 0) is 38.8 Å². The number of benzene rings is 2. The molecule has 24 heavy (non-hydrogen) atoms. The highest BCUT2D eigenvalue weighted by Gasteiger charge is 2.24. The fraction of sp³-hybridized carbons (Fsp3) is 0.400.